The summed E-state index contributed by atoms with van der Waals surface area (Å²) in [6.45, 7) is 10.9. The van der Waals surface area contributed by atoms with Crippen LogP contribution in [0.15, 0.2) is 11.4 Å². The van der Waals surface area contributed by atoms with Gasteiger partial charge in [-0.2, -0.15) is 11.8 Å². The molecule has 3 fully saturated rings. The van der Waals surface area contributed by atoms with E-state index in [4.69, 9.17) is 0 Å². The average molecular weight is 631 g/mol. The highest BCUT2D eigenvalue weighted by Gasteiger charge is 2.63. The zero-order valence-electron chi connectivity index (χ0n) is 25.6. The smallest absolute Gasteiger partial charge is 0.303 e. The highest BCUT2D eigenvalue weighted by Crippen LogP contribution is 2.66. The Kier molecular flexibility index (Phi) is 7.01. The van der Waals surface area contributed by atoms with Gasteiger partial charge in [0.1, 0.15) is 0 Å². The van der Waals surface area contributed by atoms with Gasteiger partial charge in [-0.15, -0.1) is 11.8 Å². The maximum absolute atomic E-state index is 11.6. The van der Waals surface area contributed by atoms with Crippen LogP contribution >= 0.6 is 23.5 Å². The predicted molar refractivity (Wildman–Crippen MR) is 178 cm³/mol. The zero-order valence-corrected chi connectivity index (χ0v) is 27.2. The quantitative estimate of drug-likeness (QED) is 0.205. The van der Waals surface area contributed by atoms with E-state index in [0.29, 0.717) is 23.3 Å². The largest absolute Gasteiger partial charge is 0.481 e. The van der Waals surface area contributed by atoms with Gasteiger partial charge in [0.25, 0.3) is 0 Å². The normalized spacial score (nSPS) is 28.6. The van der Waals surface area contributed by atoms with Crippen LogP contribution in [0.3, 0.4) is 0 Å². The van der Waals surface area contributed by atoms with Gasteiger partial charge in [0, 0.05) is 79.9 Å². The van der Waals surface area contributed by atoms with Gasteiger partial charge in [-0.05, 0) is 91.3 Å². The molecule has 4 aliphatic rings. The first kappa shape index (κ1) is 29.2. The number of aromatic nitrogens is 3. The molecule has 4 aliphatic heterocycles. The van der Waals surface area contributed by atoms with Crippen LogP contribution in [0.1, 0.15) is 88.1 Å². The van der Waals surface area contributed by atoms with Gasteiger partial charge >= 0.3 is 11.9 Å². The summed E-state index contributed by atoms with van der Waals surface area (Å²) < 4.78 is 0.000888. The molecular formula is C34H38N4O4S2. The summed E-state index contributed by atoms with van der Waals surface area (Å²) in [5.74, 6) is -0.292. The number of carboxylic acids is 2. The Bertz CT molecular complexity index is 1920. The molecule has 2 unspecified atom stereocenters. The van der Waals surface area contributed by atoms with Crippen molar-refractivity contribution in [1.29, 1.82) is 0 Å². The standard InChI is InChI=1S/C34H38N4O4S2/c1-15-20(6-8-31(39)40)26-12-27-21(7-9-32(41)42)16(2)23(36-27)11-28-33(29-14-43-29)17(3)24(37-28)13-30-34(19(5)44-34)18(4)25(38-30)10-22(15)35-26/h10-13,18-19,29,35-38H,6-9,14H2,1-5H3,(H,39,40)(H,41,42)/b23-11-,25-10-,27-12-,30-13-/t18?,19?,29-,34+/m0/s1. The van der Waals surface area contributed by atoms with Gasteiger partial charge in [0.05, 0.1) is 4.75 Å². The number of aliphatic carboxylic acids is 2. The Morgan fingerprint density at radius 1 is 0.818 bits per heavy atom. The summed E-state index contributed by atoms with van der Waals surface area (Å²) in [7, 11) is 0. The fourth-order valence-electron chi connectivity index (χ4n) is 7.26. The van der Waals surface area contributed by atoms with E-state index in [2.05, 4.69) is 73.1 Å². The maximum Gasteiger partial charge on any atom is 0.303 e. The topological polar surface area (TPSA) is 134 Å². The van der Waals surface area contributed by atoms with Crippen molar-refractivity contribution >= 4 is 59.8 Å². The van der Waals surface area contributed by atoms with Crippen molar-refractivity contribution in [3.8, 4) is 0 Å². The SMILES string of the molecule is Cc1c2[nH]c(c1CCC(=O)O)/C=c1\[nH]/c(c(C)c1CCC(=O)O)=C\c1[nH]c(c(C)c1[C@@H]1CS1)/C=C1\N/C(=C\2)C(C)[C@]12SC2C. The van der Waals surface area contributed by atoms with Crippen LogP contribution in [-0.4, -0.2) is 52.9 Å². The first-order chi connectivity index (χ1) is 21.0. The average Bonchev–Trinajstić information content (AvgIpc) is 3.81. The van der Waals surface area contributed by atoms with Crippen LogP contribution in [0, 0.1) is 26.7 Å². The molecule has 3 saturated heterocycles. The fraction of sp³-hybridized carbons (Fsp3) is 0.412. The van der Waals surface area contributed by atoms with Crippen LogP contribution in [0.25, 0.3) is 24.3 Å². The Morgan fingerprint density at radius 2 is 1.43 bits per heavy atom. The van der Waals surface area contributed by atoms with Crippen LogP contribution in [0.4, 0.5) is 0 Å². The van der Waals surface area contributed by atoms with Gasteiger partial charge in [-0.3, -0.25) is 9.59 Å². The molecule has 1 spiro atoms. The minimum atomic E-state index is -0.837. The number of fused-ring (bicyclic) bond motifs is 9. The van der Waals surface area contributed by atoms with E-state index >= 15 is 0 Å². The summed E-state index contributed by atoms with van der Waals surface area (Å²) >= 11 is 3.96. The van der Waals surface area contributed by atoms with Gasteiger partial charge in [-0.1, -0.05) is 13.8 Å². The summed E-state index contributed by atoms with van der Waals surface area (Å²) in [6.07, 6.45) is 9.58. The van der Waals surface area contributed by atoms with Crippen LogP contribution in [-0.2, 0) is 22.4 Å². The lowest BCUT2D eigenvalue weighted by Crippen LogP contribution is -2.20. The molecule has 0 aromatic carbocycles. The first-order valence-corrected chi connectivity index (χ1v) is 17.2. The van der Waals surface area contributed by atoms with Gasteiger partial charge in [0.2, 0.25) is 0 Å². The van der Waals surface area contributed by atoms with E-state index < -0.39 is 11.9 Å². The monoisotopic (exact) mass is 630 g/mol. The molecule has 3 aromatic heterocycles. The number of rotatable bonds is 7. The molecule has 3 aromatic rings. The van der Waals surface area contributed by atoms with Crippen LogP contribution in [0.2, 0.25) is 0 Å². The van der Waals surface area contributed by atoms with Crippen molar-refractivity contribution in [3.63, 3.8) is 0 Å². The molecule has 8 nitrogen and oxygen atoms in total. The molecular weight excluding hydrogens is 593 g/mol. The Hall–Kier alpha value is -3.50. The second-order valence-electron chi connectivity index (χ2n) is 12.6. The number of H-pyrrole nitrogens is 3. The number of thioether (sulfide) groups is 2. The van der Waals surface area contributed by atoms with E-state index in [1.165, 1.54) is 16.8 Å². The minimum absolute atomic E-state index is 0.000888. The van der Waals surface area contributed by atoms with E-state index in [0.717, 1.165) is 67.2 Å². The molecule has 10 heteroatoms. The third-order valence-corrected chi connectivity index (χ3v) is 12.7. The number of aromatic amines is 3. The van der Waals surface area contributed by atoms with Gasteiger partial charge in [-0.25, -0.2) is 0 Å². The molecule has 230 valence electrons. The van der Waals surface area contributed by atoms with Crippen molar-refractivity contribution < 1.29 is 19.8 Å². The molecule has 7 heterocycles. The highest BCUT2D eigenvalue weighted by molar-refractivity contribution is 8.09. The van der Waals surface area contributed by atoms with Crippen LogP contribution in [0.5, 0.6) is 0 Å². The van der Waals surface area contributed by atoms with Gasteiger partial charge in [0.15, 0.2) is 0 Å². The molecule has 7 rings (SSSR count). The van der Waals surface area contributed by atoms with Crippen molar-refractivity contribution in [2.24, 2.45) is 5.92 Å². The van der Waals surface area contributed by atoms with Crippen molar-refractivity contribution in [2.45, 2.75) is 75.5 Å². The number of carboxylic acid groups (broad SMARTS) is 2. The van der Waals surface area contributed by atoms with Gasteiger partial charge < -0.3 is 30.5 Å². The zero-order chi connectivity index (χ0) is 31.1. The third kappa shape index (κ3) is 4.77. The minimum Gasteiger partial charge on any atom is -0.481 e. The lowest BCUT2D eigenvalue weighted by Gasteiger charge is -2.12. The van der Waals surface area contributed by atoms with Crippen molar-refractivity contribution in [2.75, 3.05) is 5.75 Å². The lowest BCUT2D eigenvalue weighted by atomic mass is 9.90. The summed E-state index contributed by atoms with van der Waals surface area (Å²) in [6, 6.07) is 0. The van der Waals surface area contributed by atoms with E-state index in [-0.39, 0.29) is 23.5 Å². The number of hydrogen-bond donors (Lipinski definition) is 6. The second-order valence-corrected chi connectivity index (χ2v) is 15.4. The highest BCUT2D eigenvalue weighted by atomic mass is 32.2. The molecule has 0 radical (unpaired) electrons. The Labute approximate surface area is 264 Å². The number of hydrogen-bond acceptors (Lipinski definition) is 5. The fourth-order valence-corrected chi connectivity index (χ4v) is 9.41. The molecule has 44 heavy (non-hydrogen) atoms. The molecule has 0 amide bonds. The molecule has 8 bridgehead atoms. The maximum atomic E-state index is 11.6. The molecule has 0 saturated carbocycles. The molecule has 6 N–H and O–H groups in total. The third-order valence-electron chi connectivity index (χ3n) is 10.00. The van der Waals surface area contributed by atoms with Crippen molar-refractivity contribution in [1.82, 2.24) is 20.3 Å². The number of carbonyl (C=O) groups is 2. The van der Waals surface area contributed by atoms with E-state index in [1.54, 1.807) is 0 Å². The predicted octanol–water partition coefficient (Wildman–Crippen LogP) is 4.88. The lowest BCUT2D eigenvalue weighted by molar-refractivity contribution is -0.138. The molecule has 4 atom stereocenters. The Balaban J connectivity index is 1.51. The summed E-state index contributed by atoms with van der Waals surface area (Å²) in [5.41, 5.74) is 13.0. The van der Waals surface area contributed by atoms with Crippen molar-refractivity contribution in [3.05, 3.63) is 78.2 Å². The number of nitrogens with one attached hydrogen (secondary N) is 4. The summed E-state index contributed by atoms with van der Waals surface area (Å²) in [5, 5.41) is 25.6. The van der Waals surface area contributed by atoms with E-state index in [1.807, 2.05) is 29.6 Å². The molecule has 0 aliphatic carbocycles. The first-order valence-electron chi connectivity index (χ1n) is 15.3. The van der Waals surface area contributed by atoms with Crippen LogP contribution < -0.4 is 16.0 Å². The Morgan fingerprint density at radius 3 is 2.07 bits per heavy atom. The second kappa shape index (κ2) is 10.5. The summed E-state index contributed by atoms with van der Waals surface area (Å²) in [4.78, 5) is 34.3. The number of allylic oxidation sites excluding steroid dienone is 1. The van der Waals surface area contributed by atoms with E-state index in [9.17, 15) is 19.8 Å².